The van der Waals surface area contributed by atoms with Gasteiger partial charge in [-0.2, -0.15) is 0 Å². The number of carboxylic acid groups (broad SMARTS) is 1. The van der Waals surface area contributed by atoms with Gasteiger partial charge in [0.1, 0.15) is 0 Å². The summed E-state index contributed by atoms with van der Waals surface area (Å²) in [5.41, 5.74) is 2.54. The number of hydrogen-bond acceptors (Lipinski definition) is 4. The van der Waals surface area contributed by atoms with E-state index in [-0.39, 0.29) is 17.8 Å². The Balaban J connectivity index is 0.00000385. The Morgan fingerprint density at radius 1 is 1.09 bits per heavy atom. The summed E-state index contributed by atoms with van der Waals surface area (Å²) in [6.45, 7) is 6.79. The van der Waals surface area contributed by atoms with Crippen molar-refractivity contribution in [2.45, 2.75) is 52.5 Å². The maximum atomic E-state index is 12.5. The number of carboxylic acids is 1. The lowest BCUT2D eigenvalue weighted by atomic mass is 9.79. The molecule has 4 N–H and O–H groups in total. The van der Waals surface area contributed by atoms with Crippen LogP contribution in [-0.4, -0.2) is 45.4 Å². The molecule has 0 atom stereocenters. The molecule has 0 aliphatic carbocycles. The topological polar surface area (TPSA) is 114 Å². The highest BCUT2D eigenvalue weighted by molar-refractivity contribution is 5.94. The average Bonchev–Trinajstić information content (AvgIpc) is 3.29. The molecular weight excluding hydrogens is 418 g/mol. The van der Waals surface area contributed by atoms with Gasteiger partial charge in [0.15, 0.2) is 0 Å². The first-order valence-electron chi connectivity index (χ1n) is 11.4. The van der Waals surface area contributed by atoms with Crippen LogP contribution in [0.4, 0.5) is 5.69 Å². The van der Waals surface area contributed by atoms with Crippen LogP contribution in [0.5, 0.6) is 0 Å². The van der Waals surface area contributed by atoms with Crippen LogP contribution in [0.25, 0.3) is 12.2 Å². The van der Waals surface area contributed by atoms with E-state index in [4.69, 9.17) is 4.98 Å². The maximum Gasteiger partial charge on any atom is 0.310 e. The second-order valence-corrected chi connectivity index (χ2v) is 8.51. The van der Waals surface area contributed by atoms with Gasteiger partial charge in [0.25, 0.3) is 0 Å². The first-order valence-corrected chi connectivity index (χ1v) is 11.4. The van der Waals surface area contributed by atoms with Gasteiger partial charge in [0, 0.05) is 18.7 Å². The van der Waals surface area contributed by atoms with Gasteiger partial charge in [-0.1, -0.05) is 38.1 Å². The van der Waals surface area contributed by atoms with Crippen LogP contribution >= 0.6 is 0 Å². The lowest BCUT2D eigenvalue weighted by molar-refractivity contribution is -0.151. The number of likely N-dealkylation sites (tertiary alicyclic amines) is 1. The average molecular weight is 454 g/mol. The number of amides is 1. The van der Waals surface area contributed by atoms with Crippen LogP contribution in [0.3, 0.4) is 0 Å². The molecular formula is C26H35N3O4. The molecule has 2 heterocycles. The zero-order chi connectivity index (χ0) is 23.0. The molecule has 1 aromatic carbocycles. The molecule has 33 heavy (non-hydrogen) atoms. The summed E-state index contributed by atoms with van der Waals surface area (Å²) in [7, 11) is 0. The van der Waals surface area contributed by atoms with Crippen molar-refractivity contribution in [2.75, 3.05) is 18.4 Å². The highest BCUT2D eigenvalue weighted by Crippen LogP contribution is 2.31. The van der Waals surface area contributed by atoms with Crippen LogP contribution in [-0.2, 0) is 16.1 Å². The molecule has 1 aromatic heterocycles. The number of rotatable bonds is 10. The summed E-state index contributed by atoms with van der Waals surface area (Å²) >= 11 is 0. The van der Waals surface area contributed by atoms with Crippen molar-refractivity contribution in [3.63, 3.8) is 0 Å². The number of pyridine rings is 1. The summed E-state index contributed by atoms with van der Waals surface area (Å²) in [6.07, 6.45) is 7.26. The molecule has 1 amide bonds. The van der Waals surface area contributed by atoms with Crippen molar-refractivity contribution in [3.8, 4) is 0 Å². The SMILES string of the molecule is CCC(CC)(CC(=O)Nc1cccc(/C=C/c2cccc(CN3CCCC3)n2)c1)C(=O)O.O. The number of nitrogens with one attached hydrogen (secondary N) is 1. The van der Waals surface area contributed by atoms with E-state index in [1.165, 1.54) is 12.8 Å². The Labute approximate surface area is 195 Å². The fourth-order valence-electron chi connectivity index (χ4n) is 4.14. The van der Waals surface area contributed by atoms with Crippen molar-refractivity contribution < 1.29 is 20.2 Å². The van der Waals surface area contributed by atoms with E-state index in [0.29, 0.717) is 18.5 Å². The Morgan fingerprint density at radius 3 is 2.45 bits per heavy atom. The Morgan fingerprint density at radius 2 is 1.79 bits per heavy atom. The summed E-state index contributed by atoms with van der Waals surface area (Å²) < 4.78 is 0. The molecule has 7 heteroatoms. The second kappa shape index (κ2) is 12.3. The third-order valence-electron chi connectivity index (χ3n) is 6.34. The van der Waals surface area contributed by atoms with Crippen LogP contribution in [0.1, 0.15) is 62.9 Å². The maximum absolute atomic E-state index is 12.5. The predicted octanol–water partition coefficient (Wildman–Crippen LogP) is 4.24. The Kier molecular flexibility index (Phi) is 9.75. The summed E-state index contributed by atoms with van der Waals surface area (Å²) in [5.74, 6) is -1.21. The molecule has 0 saturated carbocycles. The highest BCUT2D eigenvalue weighted by atomic mass is 16.4. The molecule has 1 saturated heterocycles. The number of benzene rings is 1. The number of aromatic nitrogens is 1. The summed E-state index contributed by atoms with van der Waals surface area (Å²) in [5, 5.41) is 12.4. The normalized spacial score (nSPS) is 14.2. The van der Waals surface area contributed by atoms with Crippen LogP contribution in [0.15, 0.2) is 42.5 Å². The quantitative estimate of drug-likeness (QED) is 0.558. The number of anilines is 1. The van der Waals surface area contributed by atoms with Gasteiger partial charge in [0.05, 0.1) is 16.8 Å². The highest BCUT2D eigenvalue weighted by Gasteiger charge is 2.37. The van der Waals surface area contributed by atoms with E-state index in [9.17, 15) is 14.7 Å². The molecule has 7 nitrogen and oxygen atoms in total. The van der Waals surface area contributed by atoms with Crippen LogP contribution in [0, 0.1) is 5.41 Å². The lowest BCUT2D eigenvalue weighted by Crippen LogP contribution is -2.34. The van der Waals surface area contributed by atoms with Gasteiger partial charge in [0.2, 0.25) is 5.91 Å². The van der Waals surface area contributed by atoms with E-state index < -0.39 is 11.4 Å². The largest absolute Gasteiger partial charge is 0.481 e. The first-order chi connectivity index (χ1) is 15.4. The third-order valence-corrected chi connectivity index (χ3v) is 6.34. The molecule has 2 aromatic rings. The number of nitrogens with zero attached hydrogens (tertiary/aromatic N) is 2. The van der Waals surface area contributed by atoms with Gasteiger partial charge in [-0.05, 0) is 74.7 Å². The van der Waals surface area contributed by atoms with E-state index in [0.717, 1.165) is 36.6 Å². The molecule has 0 unspecified atom stereocenters. The van der Waals surface area contributed by atoms with Gasteiger partial charge in [-0.3, -0.25) is 19.5 Å². The van der Waals surface area contributed by atoms with Gasteiger partial charge in [-0.25, -0.2) is 0 Å². The minimum absolute atomic E-state index is 0. The molecule has 0 spiro atoms. The molecule has 0 radical (unpaired) electrons. The number of carbonyl (C=O) groups excluding carboxylic acids is 1. The standard InChI is InChI=1S/C26H33N3O3.H2O/c1-3-26(4-2,25(31)32)18-24(30)28-22-11-7-9-20(17-22)13-14-21-10-8-12-23(27-21)19-29-15-5-6-16-29;/h7-14,17H,3-6,15-16,18-19H2,1-2H3,(H,28,30)(H,31,32);1H2/b14-13+;. The monoisotopic (exact) mass is 453 g/mol. The minimum atomic E-state index is -1.02. The first kappa shape index (κ1) is 26.2. The lowest BCUT2D eigenvalue weighted by Gasteiger charge is -2.25. The minimum Gasteiger partial charge on any atom is -0.481 e. The van der Waals surface area contributed by atoms with Crippen molar-refractivity contribution >= 4 is 29.7 Å². The zero-order valence-electron chi connectivity index (χ0n) is 19.5. The van der Waals surface area contributed by atoms with Crippen molar-refractivity contribution in [1.29, 1.82) is 0 Å². The zero-order valence-corrected chi connectivity index (χ0v) is 19.5. The Bertz CT molecular complexity index is 964. The Hall–Kier alpha value is -3.03. The predicted molar refractivity (Wildman–Crippen MR) is 132 cm³/mol. The van der Waals surface area contributed by atoms with E-state index in [1.54, 1.807) is 0 Å². The summed E-state index contributed by atoms with van der Waals surface area (Å²) in [6, 6.07) is 13.6. The van der Waals surface area contributed by atoms with Crippen molar-refractivity contribution in [2.24, 2.45) is 5.41 Å². The van der Waals surface area contributed by atoms with Gasteiger partial charge < -0.3 is 15.9 Å². The third kappa shape index (κ3) is 7.23. The van der Waals surface area contributed by atoms with Crippen molar-refractivity contribution in [3.05, 3.63) is 59.4 Å². The fraction of sp³-hybridized carbons (Fsp3) is 0.423. The van der Waals surface area contributed by atoms with Crippen LogP contribution < -0.4 is 5.32 Å². The van der Waals surface area contributed by atoms with E-state index in [1.807, 2.05) is 62.4 Å². The molecule has 1 aliphatic heterocycles. The van der Waals surface area contributed by atoms with E-state index in [2.05, 4.69) is 16.3 Å². The number of hydrogen-bond donors (Lipinski definition) is 2. The molecule has 3 rings (SSSR count). The van der Waals surface area contributed by atoms with Gasteiger partial charge in [-0.15, -0.1) is 0 Å². The van der Waals surface area contributed by atoms with E-state index >= 15 is 0 Å². The van der Waals surface area contributed by atoms with Crippen molar-refractivity contribution in [1.82, 2.24) is 9.88 Å². The van der Waals surface area contributed by atoms with Crippen LogP contribution in [0.2, 0.25) is 0 Å². The molecule has 178 valence electrons. The second-order valence-electron chi connectivity index (χ2n) is 8.51. The fourth-order valence-corrected chi connectivity index (χ4v) is 4.14. The molecule has 1 fully saturated rings. The molecule has 1 aliphatic rings. The number of aliphatic carboxylic acids is 1. The van der Waals surface area contributed by atoms with Gasteiger partial charge >= 0.3 is 5.97 Å². The smallest absolute Gasteiger partial charge is 0.310 e. The molecule has 0 bridgehead atoms. The summed E-state index contributed by atoms with van der Waals surface area (Å²) in [4.78, 5) is 31.4. The number of carbonyl (C=O) groups is 2.